The fraction of sp³-hybridized carbons (Fsp3) is 0.0625. The van der Waals surface area contributed by atoms with E-state index in [1.165, 1.54) is 0 Å². The Bertz CT molecular complexity index is 1600. The van der Waals surface area contributed by atoms with Crippen molar-refractivity contribution in [2.75, 3.05) is 7.11 Å². The third-order valence-corrected chi connectivity index (χ3v) is 7.91. The van der Waals surface area contributed by atoms with Gasteiger partial charge in [0, 0.05) is 0 Å². The number of methoxy groups -OCH3 is 1. The van der Waals surface area contributed by atoms with E-state index in [0.717, 1.165) is 22.4 Å². The normalized spacial score (nSPS) is 12.2. The van der Waals surface area contributed by atoms with E-state index < -0.39 is 22.2 Å². The van der Waals surface area contributed by atoms with Gasteiger partial charge in [-0.25, -0.2) is 8.42 Å². The quantitative estimate of drug-likeness (QED) is 0.172. The van der Waals surface area contributed by atoms with Gasteiger partial charge in [-0.3, -0.25) is 0 Å². The van der Waals surface area contributed by atoms with Gasteiger partial charge in [0.05, 0.1) is 16.9 Å². The lowest BCUT2D eigenvalue weighted by molar-refractivity contribution is 0.413. The van der Waals surface area contributed by atoms with Gasteiger partial charge in [0.15, 0.2) is 0 Å². The lowest BCUT2D eigenvalue weighted by Crippen LogP contribution is -2.01. The van der Waals surface area contributed by atoms with E-state index in [1.807, 2.05) is 67.6 Å². The van der Waals surface area contributed by atoms with Crippen molar-refractivity contribution < 1.29 is 26.3 Å². The molecule has 202 valence electrons. The van der Waals surface area contributed by atoms with Gasteiger partial charge in [-0.05, 0) is 103 Å². The molecule has 5 aromatic rings. The highest BCUT2D eigenvalue weighted by Gasteiger charge is 2.10. The van der Waals surface area contributed by atoms with Crippen molar-refractivity contribution in [3.63, 3.8) is 0 Å². The highest BCUT2D eigenvalue weighted by Crippen LogP contribution is 2.27. The molecule has 0 heterocycles. The summed E-state index contributed by atoms with van der Waals surface area (Å²) in [5, 5.41) is 0. The molecule has 0 saturated carbocycles. The third kappa shape index (κ3) is 6.97. The summed E-state index contributed by atoms with van der Waals surface area (Å²) in [7, 11) is 1.61. The van der Waals surface area contributed by atoms with Crippen LogP contribution in [0.3, 0.4) is 0 Å². The highest BCUT2D eigenvalue weighted by molar-refractivity contribution is 7.80. The summed E-state index contributed by atoms with van der Waals surface area (Å²) in [5.74, 6) is 3.07. The lowest BCUT2D eigenvalue weighted by atomic mass is 10.1. The minimum absolute atomic E-state index is 0.477. The molecule has 2 atom stereocenters. The van der Waals surface area contributed by atoms with Gasteiger partial charge < -0.3 is 17.8 Å². The van der Waals surface area contributed by atoms with Crippen LogP contribution in [0.15, 0.2) is 131 Å². The molecule has 40 heavy (non-hydrogen) atoms. The molecule has 0 N–H and O–H groups in total. The molecule has 0 saturated heterocycles. The number of hydrogen-bond donors (Lipinski definition) is 0. The molecule has 0 fully saturated rings. The summed E-state index contributed by atoms with van der Waals surface area (Å²) >= 11 is -3.31. The van der Waals surface area contributed by atoms with Crippen LogP contribution in [-0.2, 0) is 22.2 Å². The standard InChI is InChI=1S/C32H26O6S2/c1-23-3-9-29(10-4-23)37-39(33)31-19-7-25(8-20-31)24-5-11-30(12-6-24)38-40(34)32-21-17-28(18-22-32)36-27-15-13-26(35-2)14-16-27/h3-22H,1-2H3. The minimum atomic E-state index is -1.69. The van der Waals surface area contributed by atoms with Crippen LogP contribution in [-0.4, -0.2) is 15.5 Å². The first kappa shape index (κ1) is 27.2. The Morgan fingerprint density at radius 3 is 1.27 bits per heavy atom. The number of hydrogen-bond acceptors (Lipinski definition) is 6. The van der Waals surface area contributed by atoms with Crippen molar-refractivity contribution in [2.45, 2.75) is 16.7 Å². The van der Waals surface area contributed by atoms with Gasteiger partial charge in [-0.1, -0.05) is 42.0 Å². The third-order valence-electron chi connectivity index (χ3n) is 5.91. The zero-order valence-electron chi connectivity index (χ0n) is 21.8. The Kier molecular flexibility index (Phi) is 8.59. The number of ether oxygens (including phenoxy) is 2. The smallest absolute Gasteiger partial charge is 0.240 e. The van der Waals surface area contributed by atoms with E-state index in [4.69, 9.17) is 17.8 Å². The maximum atomic E-state index is 12.8. The molecule has 0 amide bonds. The molecular formula is C32H26O6S2. The molecule has 0 aliphatic carbocycles. The Balaban J connectivity index is 1.17. The Morgan fingerprint density at radius 1 is 0.450 bits per heavy atom. The first-order valence-corrected chi connectivity index (χ1v) is 14.5. The predicted octanol–water partition coefficient (Wildman–Crippen LogP) is 7.67. The van der Waals surface area contributed by atoms with Crippen LogP contribution in [0.25, 0.3) is 11.1 Å². The van der Waals surface area contributed by atoms with Gasteiger partial charge in [0.1, 0.15) is 28.7 Å². The molecule has 0 spiro atoms. The van der Waals surface area contributed by atoms with Crippen LogP contribution < -0.4 is 17.8 Å². The van der Waals surface area contributed by atoms with Crippen LogP contribution in [0.1, 0.15) is 5.56 Å². The maximum Gasteiger partial charge on any atom is 0.240 e. The van der Waals surface area contributed by atoms with E-state index in [1.54, 1.807) is 67.8 Å². The summed E-state index contributed by atoms with van der Waals surface area (Å²) < 4.78 is 47.5. The second kappa shape index (κ2) is 12.6. The fourth-order valence-corrected chi connectivity index (χ4v) is 5.21. The SMILES string of the molecule is COc1ccc(Oc2ccc(S(=O)Oc3ccc(-c4ccc(S(=O)Oc5ccc(C)cc5)cc4)cc3)cc2)cc1. The summed E-state index contributed by atoms with van der Waals surface area (Å²) in [5.41, 5.74) is 2.99. The Morgan fingerprint density at radius 2 is 0.800 bits per heavy atom. The van der Waals surface area contributed by atoms with Crippen molar-refractivity contribution in [3.8, 4) is 39.9 Å². The summed E-state index contributed by atoms with van der Waals surface area (Å²) in [6, 6.07) is 36.2. The van der Waals surface area contributed by atoms with E-state index in [9.17, 15) is 8.42 Å². The van der Waals surface area contributed by atoms with Gasteiger partial charge >= 0.3 is 0 Å². The Labute approximate surface area is 238 Å². The second-order valence-corrected chi connectivity index (χ2v) is 11.0. The van der Waals surface area contributed by atoms with Crippen molar-refractivity contribution >= 4 is 22.2 Å². The molecule has 8 heteroatoms. The molecule has 6 nitrogen and oxygen atoms in total. The number of rotatable bonds is 10. The van der Waals surface area contributed by atoms with Crippen LogP contribution in [0.5, 0.6) is 28.7 Å². The van der Waals surface area contributed by atoms with E-state index in [2.05, 4.69) is 0 Å². The molecule has 0 bridgehead atoms. The van der Waals surface area contributed by atoms with E-state index in [0.29, 0.717) is 32.8 Å². The molecule has 0 aromatic heterocycles. The van der Waals surface area contributed by atoms with Crippen LogP contribution in [0, 0.1) is 6.92 Å². The number of benzene rings is 5. The van der Waals surface area contributed by atoms with Crippen molar-refractivity contribution in [1.29, 1.82) is 0 Å². The lowest BCUT2D eigenvalue weighted by Gasteiger charge is -2.09. The molecule has 0 radical (unpaired) electrons. The summed E-state index contributed by atoms with van der Waals surface area (Å²) in [4.78, 5) is 1.09. The summed E-state index contributed by atoms with van der Waals surface area (Å²) in [6.07, 6.45) is 0. The van der Waals surface area contributed by atoms with E-state index >= 15 is 0 Å². The molecule has 0 aliphatic rings. The zero-order valence-corrected chi connectivity index (χ0v) is 23.4. The molecular weight excluding hydrogens is 544 g/mol. The van der Waals surface area contributed by atoms with Crippen LogP contribution in [0.2, 0.25) is 0 Å². The fourth-order valence-electron chi connectivity index (χ4n) is 3.72. The van der Waals surface area contributed by atoms with Gasteiger partial charge in [0.2, 0.25) is 22.2 Å². The largest absolute Gasteiger partial charge is 0.497 e. The average molecular weight is 571 g/mol. The minimum Gasteiger partial charge on any atom is -0.497 e. The van der Waals surface area contributed by atoms with Crippen molar-refractivity contribution in [2.24, 2.45) is 0 Å². The van der Waals surface area contributed by atoms with Crippen LogP contribution >= 0.6 is 0 Å². The van der Waals surface area contributed by atoms with Gasteiger partial charge in [-0.2, -0.15) is 0 Å². The predicted molar refractivity (Wildman–Crippen MR) is 157 cm³/mol. The van der Waals surface area contributed by atoms with E-state index in [-0.39, 0.29) is 0 Å². The highest BCUT2D eigenvalue weighted by atomic mass is 32.2. The average Bonchev–Trinajstić information content (AvgIpc) is 2.99. The van der Waals surface area contributed by atoms with Gasteiger partial charge in [0.25, 0.3) is 0 Å². The maximum absolute atomic E-state index is 12.8. The second-order valence-electron chi connectivity index (χ2n) is 8.75. The zero-order chi connectivity index (χ0) is 27.9. The van der Waals surface area contributed by atoms with Gasteiger partial charge in [-0.15, -0.1) is 0 Å². The summed E-state index contributed by atoms with van der Waals surface area (Å²) in [6.45, 7) is 1.98. The topological polar surface area (TPSA) is 71.1 Å². The van der Waals surface area contributed by atoms with Crippen LogP contribution in [0.4, 0.5) is 0 Å². The first-order valence-electron chi connectivity index (χ1n) is 12.4. The Hall–Kier alpha value is -4.40. The van der Waals surface area contributed by atoms with Crippen molar-refractivity contribution in [1.82, 2.24) is 0 Å². The molecule has 5 rings (SSSR count). The molecule has 2 unspecified atom stereocenters. The first-order chi connectivity index (χ1) is 19.5. The molecule has 0 aliphatic heterocycles. The molecule has 5 aromatic carbocycles. The number of aryl methyl sites for hydroxylation is 1. The van der Waals surface area contributed by atoms with Crippen molar-refractivity contribution in [3.05, 3.63) is 127 Å². The monoisotopic (exact) mass is 570 g/mol.